The Morgan fingerprint density at radius 2 is 1.97 bits per heavy atom. The number of likely N-dealkylation sites (tertiary alicyclic amines) is 1. The molecule has 7 nitrogen and oxygen atoms in total. The van der Waals surface area contributed by atoms with Gasteiger partial charge in [-0.2, -0.15) is 0 Å². The number of piperidine rings is 1. The molecule has 0 aliphatic carbocycles. The Morgan fingerprint density at radius 3 is 2.72 bits per heavy atom. The zero-order valence-corrected chi connectivity index (χ0v) is 17.2. The fourth-order valence-electron chi connectivity index (χ4n) is 3.32. The number of hydrogen-bond donors (Lipinski definition) is 2. The molecule has 1 aromatic carbocycles. The molecule has 2 amide bonds. The Labute approximate surface area is 174 Å². The van der Waals surface area contributed by atoms with Gasteiger partial charge >= 0.3 is 5.97 Å². The van der Waals surface area contributed by atoms with E-state index in [-0.39, 0.29) is 30.9 Å². The van der Waals surface area contributed by atoms with E-state index in [1.807, 2.05) is 35.2 Å². The van der Waals surface area contributed by atoms with Crippen LogP contribution in [-0.4, -0.2) is 48.9 Å². The summed E-state index contributed by atoms with van der Waals surface area (Å²) < 4.78 is 5.01. The van der Waals surface area contributed by atoms with E-state index < -0.39 is 5.97 Å². The maximum atomic E-state index is 12.5. The van der Waals surface area contributed by atoms with Gasteiger partial charge in [0.1, 0.15) is 5.00 Å². The maximum Gasteiger partial charge on any atom is 0.341 e. The number of rotatable bonds is 7. The van der Waals surface area contributed by atoms with Crippen molar-refractivity contribution in [1.29, 1.82) is 0 Å². The third-order valence-corrected chi connectivity index (χ3v) is 5.53. The van der Waals surface area contributed by atoms with Crippen LogP contribution in [0.2, 0.25) is 0 Å². The first-order valence-corrected chi connectivity index (χ1v) is 10.6. The van der Waals surface area contributed by atoms with Crippen LogP contribution in [0.4, 0.5) is 10.7 Å². The van der Waals surface area contributed by atoms with Crippen LogP contribution in [0.25, 0.3) is 0 Å². The molecule has 0 radical (unpaired) electrons. The zero-order chi connectivity index (χ0) is 20.6. The predicted molar refractivity (Wildman–Crippen MR) is 113 cm³/mol. The molecule has 3 rings (SSSR count). The van der Waals surface area contributed by atoms with Crippen LogP contribution in [0.1, 0.15) is 30.1 Å². The fraction of sp³-hybridized carbons (Fsp3) is 0.381. The van der Waals surface area contributed by atoms with Crippen LogP contribution in [0.3, 0.4) is 0 Å². The van der Waals surface area contributed by atoms with Crippen LogP contribution < -0.4 is 10.6 Å². The summed E-state index contributed by atoms with van der Waals surface area (Å²) in [6.07, 6.45) is 1.65. The summed E-state index contributed by atoms with van der Waals surface area (Å²) in [4.78, 5) is 39.0. The second-order valence-electron chi connectivity index (χ2n) is 6.86. The first-order valence-electron chi connectivity index (χ1n) is 9.69. The number of hydrogen-bond acceptors (Lipinski definition) is 6. The molecule has 2 aromatic rings. The van der Waals surface area contributed by atoms with Crippen LogP contribution in [0.15, 0.2) is 41.8 Å². The van der Waals surface area contributed by atoms with Crippen LogP contribution >= 0.6 is 11.3 Å². The molecular weight excluding hydrogens is 390 g/mol. The molecule has 29 heavy (non-hydrogen) atoms. The summed E-state index contributed by atoms with van der Waals surface area (Å²) in [5.74, 6) is -0.834. The van der Waals surface area contributed by atoms with Gasteiger partial charge < -0.3 is 15.4 Å². The highest BCUT2D eigenvalue weighted by atomic mass is 32.1. The number of thiophene rings is 1. The van der Waals surface area contributed by atoms with Gasteiger partial charge in [0.15, 0.2) is 0 Å². The summed E-state index contributed by atoms with van der Waals surface area (Å²) >= 11 is 1.29. The van der Waals surface area contributed by atoms with Gasteiger partial charge in [-0.15, -0.1) is 11.3 Å². The zero-order valence-electron chi connectivity index (χ0n) is 16.3. The molecule has 1 fully saturated rings. The minimum Gasteiger partial charge on any atom is -0.462 e. The van der Waals surface area contributed by atoms with Crippen molar-refractivity contribution in [3.05, 3.63) is 47.3 Å². The predicted octanol–water partition coefficient (Wildman–Crippen LogP) is 3.21. The lowest BCUT2D eigenvalue weighted by molar-refractivity contribution is -0.123. The Morgan fingerprint density at radius 1 is 1.17 bits per heavy atom. The van der Waals surface area contributed by atoms with E-state index in [0.717, 1.165) is 25.1 Å². The largest absolute Gasteiger partial charge is 0.462 e. The van der Waals surface area contributed by atoms with Gasteiger partial charge in [0.05, 0.1) is 24.6 Å². The van der Waals surface area contributed by atoms with E-state index in [1.54, 1.807) is 18.4 Å². The third kappa shape index (κ3) is 5.88. The number of carbonyl (C=O) groups is 3. The summed E-state index contributed by atoms with van der Waals surface area (Å²) in [6, 6.07) is 11.0. The summed E-state index contributed by atoms with van der Waals surface area (Å²) in [6.45, 7) is 3.49. The van der Waals surface area contributed by atoms with Crippen molar-refractivity contribution < 1.29 is 19.1 Å². The second-order valence-corrected chi connectivity index (χ2v) is 7.78. The van der Waals surface area contributed by atoms with Crippen molar-refractivity contribution >= 4 is 39.8 Å². The van der Waals surface area contributed by atoms with Gasteiger partial charge in [-0.3, -0.25) is 14.5 Å². The molecule has 154 valence electrons. The number of benzene rings is 1. The van der Waals surface area contributed by atoms with Gasteiger partial charge in [-0.25, -0.2) is 4.79 Å². The number of ether oxygens (including phenoxy) is 1. The smallest absolute Gasteiger partial charge is 0.341 e. The first kappa shape index (κ1) is 21.0. The average molecular weight is 416 g/mol. The molecule has 1 atom stereocenters. The van der Waals surface area contributed by atoms with E-state index in [4.69, 9.17) is 4.74 Å². The Balaban J connectivity index is 1.52. The van der Waals surface area contributed by atoms with Gasteiger partial charge in [-0.05, 0) is 49.9 Å². The minimum absolute atomic E-state index is 0.0239. The van der Waals surface area contributed by atoms with E-state index in [0.29, 0.717) is 17.1 Å². The maximum absolute atomic E-state index is 12.5. The number of amides is 2. The molecular formula is C21H25N3O4S. The number of nitrogens with one attached hydrogen (secondary N) is 2. The SMILES string of the molecule is CCOC(=O)c1ccsc1NC(=O)CN1CCCC(C(=O)Nc2ccccc2)C1. The molecule has 0 saturated carbocycles. The topological polar surface area (TPSA) is 87.7 Å². The molecule has 1 aliphatic rings. The van der Waals surface area contributed by atoms with E-state index in [1.165, 1.54) is 11.3 Å². The number of para-hydroxylation sites is 1. The molecule has 1 aliphatic heterocycles. The Bertz CT molecular complexity index is 853. The molecule has 1 aromatic heterocycles. The molecule has 8 heteroatoms. The molecule has 2 N–H and O–H groups in total. The van der Waals surface area contributed by atoms with Gasteiger partial charge in [0, 0.05) is 12.2 Å². The molecule has 1 unspecified atom stereocenters. The number of nitrogens with zero attached hydrogens (tertiary/aromatic N) is 1. The van der Waals surface area contributed by atoms with Crippen molar-refractivity contribution in [3.8, 4) is 0 Å². The summed E-state index contributed by atoms with van der Waals surface area (Å²) in [5.41, 5.74) is 1.14. The monoisotopic (exact) mass is 415 g/mol. The number of anilines is 2. The highest BCUT2D eigenvalue weighted by Gasteiger charge is 2.27. The standard InChI is InChI=1S/C21H25N3O4S/c1-2-28-21(27)17-10-12-29-20(17)23-18(25)14-24-11-6-7-15(13-24)19(26)22-16-8-4-3-5-9-16/h3-5,8-10,12,15H,2,6-7,11,13-14H2,1H3,(H,22,26)(H,23,25). The van der Waals surface area contributed by atoms with Crippen LogP contribution in [-0.2, 0) is 14.3 Å². The quantitative estimate of drug-likeness (QED) is 0.678. The fourth-order valence-corrected chi connectivity index (χ4v) is 4.12. The van der Waals surface area contributed by atoms with E-state index >= 15 is 0 Å². The van der Waals surface area contributed by atoms with Gasteiger partial charge in [-0.1, -0.05) is 18.2 Å². The normalized spacial score (nSPS) is 16.8. The molecule has 2 heterocycles. The average Bonchev–Trinajstić information content (AvgIpc) is 3.17. The van der Waals surface area contributed by atoms with Crippen molar-refractivity contribution in [3.63, 3.8) is 0 Å². The Hall–Kier alpha value is -2.71. The lowest BCUT2D eigenvalue weighted by Gasteiger charge is -2.31. The van der Waals surface area contributed by atoms with Crippen molar-refractivity contribution in [1.82, 2.24) is 4.90 Å². The Kier molecular flexibility index (Phi) is 7.37. The first-order chi connectivity index (χ1) is 14.1. The second kappa shape index (κ2) is 10.2. The summed E-state index contributed by atoms with van der Waals surface area (Å²) in [5, 5.41) is 7.97. The van der Waals surface area contributed by atoms with Crippen molar-refractivity contribution in [2.45, 2.75) is 19.8 Å². The third-order valence-electron chi connectivity index (χ3n) is 4.70. The van der Waals surface area contributed by atoms with Gasteiger partial charge in [0.2, 0.25) is 11.8 Å². The van der Waals surface area contributed by atoms with Crippen LogP contribution in [0, 0.1) is 5.92 Å². The summed E-state index contributed by atoms with van der Waals surface area (Å²) in [7, 11) is 0. The van der Waals surface area contributed by atoms with Crippen molar-refractivity contribution in [2.24, 2.45) is 5.92 Å². The lowest BCUT2D eigenvalue weighted by atomic mass is 9.97. The highest BCUT2D eigenvalue weighted by molar-refractivity contribution is 7.14. The molecule has 1 saturated heterocycles. The lowest BCUT2D eigenvalue weighted by Crippen LogP contribution is -2.44. The molecule has 0 spiro atoms. The van der Waals surface area contributed by atoms with Gasteiger partial charge in [0.25, 0.3) is 0 Å². The van der Waals surface area contributed by atoms with Crippen molar-refractivity contribution in [2.75, 3.05) is 36.9 Å². The van der Waals surface area contributed by atoms with E-state index in [9.17, 15) is 14.4 Å². The highest BCUT2D eigenvalue weighted by Crippen LogP contribution is 2.24. The minimum atomic E-state index is -0.445. The van der Waals surface area contributed by atoms with Crippen LogP contribution in [0.5, 0.6) is 0 Å². The molecule has 0 bridgehead atoms. The number of carbonyl (C=O) groups excluding carboxylic acids is 3. The van der Waals surface area contributed by atoms with E-state index in [2.05, 4.69) is 10.6 Å². The number of esters is 1.